The summed E-state index contributed by atoms with van der Waals surface area (Å²) in [5, 5.41) is 0. The van der Waals surface area contributed by atoms with E-state index in [1.165, 1.54) is 12.3 Å². The van der Waals surface area contributed by atoms with E-state index in [1.54, 1.807) is 14.2 Å². The second-order valence-electron chi connectivity index (χ2n) is 4.17. The molecule has 1 rings (SSSR count). The zero-order chi connectivity index (χ0) is 14.1. The Kier molecular flexibility index (Phi) is 7.32. The zero-order valence-electron chi connectivity index (χ0n) is 11.6. The first-order chi connectivity index (χ1) is 9.22. The predicted molar refractivity (Wildman–Crippen MR) is 72.7 cm³/mol. The molecule has 0 aliphatic carbocycles. The van der Waals surface area contributed by atoms with E-state index in [0.29, 0.717) is 25.3 Å². The lowest BCUT2D eigenvalue weighted by Crippen LogP contribution is -2.31. The van der Waals surface area contributed by atoms with Gasteiger partial charge in [0.25, 0.3) is 0 Å². The van der Waals surface area contributed by atoms with Crippen molar-refractivity contribution < 1.29 is 13.9 Å². The SMILES string of the molecule is COCCCN(CCOC)c1ncc(F)cc1CN. The topological polar surface area (TPSA) is 60.6 Å². The average Bonchev–Trinajstić information content (AvgIpc) is 2.43. The summed E-state index contributed by atoms with van der Waals surface area (Å²) in [5.74, 6) is 0.352. The number of hydrogen-bond donors (Lipinski definition) is 1. The summed E-state index contributed by atoms with van der Waals surface area (Å²) in [6.07, 6.45) is 2.08. The number of hydrogen-bond acceptors (Lipinski definition) is 5. The minimum atomic E-state index is -0.368. The minimum absolute atomic E-state index is 0.258. The van der Waals surface area contributed by atoms with E-state index in [4.69, 9.17) is 15.2 Å². The Morgan fingerprint density at radius 2 is 2.00 bits per heavy atom. The maximum Gasteiger partial charge on any atom is 0.141 e. The molecule has 1 aromatic rings. The van der Waals surface area contributed by atoms with E-state index in [1.807, 2.05) is 4.90 Å². The van der Waals surface area contributed by atoms with Gasteiger partial charge in [-0.25, -0.2) is 9.37 Å². The van der Waals surface area contributed by atoms with Crippen molar-refractivity contribution >= 4 is 5.82 Å². The van der Waals surface area contributed by atoms with Crippen LogP contribution in [0.15, 0.2) is 12.3 Å². The van der Waals surface area contributed by atoms with Crippen molar-refractivity contribution in [2.75, 3.05) is 45.4 Å². The summed E-state index contributed by atoms with van der Waals surface area (Å²) in [5.41, 5.74) is 6.35. The number of rotatable bonds is 9. The summed E-state index contributed by atoms with van der Waals surface area (Å²) >= 11 is 0. The molecule has 0 amide bonds. The fourth-order valence-corrected chi connectivity index (χ4v) is 1.83. The number of pyridine rings is 1. The Hall–Kier alpha value is -1.24. The second kappa shape index (κ2) is 8.79. The van der Waals surface area contributed by atoms with E-state index in [9.17, 15) is 4.39 Å². The quantitative estimate of drug-likeness (QED) is 0.683. The lowest BCUT2D eigenvalue weighted by atomic mass is 10.2. The van der Waals surface area contributed by atoms with Gasteiger partial charge >= 0.3 is 0 Å². The van der Waals surface area contributed by atoms with Gasteiger partial charge in [-0.3, -0.25) is 0 Å². The molecule has 0 atom stereocenters. The zero-order valence-corrected chi connectivity index (χ0v) is 11.6. The average molecular weight is 271 g/mol. The van der Waals surface area contributed by atoms with Crippen molar-refractivity contribution in [1.29, 1.82) is 0 Å². The molecule has 6 heteroatoms. The fraction of sp³-hybridized carbons (Fsp3) is 0.615. The van der Waals surface area contributed by atoms with Gasteiger partial charge in [-0.05, 0) is 12.5 Å². The highest BCUT2D eigenvalue weighted by Crippen LogP contribution is 2.18. The maximum atomic E-state index is 13.2. The van der Waals surface area contributed by atoms with Gasteiger partial charge in [-0.2, -0.15) is 0 Å². The van der Waals surface area contributed by atoms with E-state index in [2.05, 4.69) is 4.98 Å². The Bertz CT molecular complexity index is 377. The summed E-state index contributed by atoms with van der Waals surface area (Å²) in [4.78, 5) is 6.20. The van der Waals surface area contributed by atoms with Gasteiger partial charge in [0.1, 0.15) is 11.6 Å². The van der Waals surface area contributed by atoms with Crippen LogP contribution in [0.4, 0.5) is 10.2 Å². The van der Waals surface area contributed by atoms with Crippen LogP contribution in [0, 0.1) is 5.82 Å². The third kappa shape index (κ3) is 5.10. The van der Waals surface area contributed by atoms with Gasteiger partial charge in [0.15, 0.2) is 0 Å². The van der Waals surface area contributed by atoms with Crippen LogP contribution in [0.3, 0.4) is 0 Å². The Labute approximate surface area is 113 Å². The van der Waals surface area contributed by atoms with Gasteiger partial charge in [0, 0.05) is 46.0 Å². The van der Waals surface area contributed by atoms with Gasteiger partial charge in [-0.1, -0.05) is 0 Å². The van der Waals surface area contributed by atoms with E-state index < -0.39 is 0 Å². The number of nitrogens with two attached hydrogens (primary N) is 1. The van der Waals surface area contributed by atoms with Crippen molar-refractivity contribution in [3.05, 3.63) is 23.6 Å². The van der Waals surface area contributed by atoms with Crippen LogP contribution < -0.4 is 10.6 Å². The van der Waals surface area contributed by atoms with Gasteiger partial charge in [-0.15, -0.1) is 0 Å². The minimum Gasteiger partial charge on any atom is -0.385 e. The molecule has 1 heterocycles. The highest BCUT2D eigenvalue weighted by Gasteiger charge is 2.12. The van der Waals surface area contributed by atoms with Gasteiger partial charge < -0.3 is 20.1 Å². The fourth-order valence-electron chi connectivity index (χ4n) is 1.83. The number of anilines is 1. The van der Waals surface area contributed by atoms with Crippen LogP contribution in [-0.4, -0.2) is 45.5 Å². The van der Waals surface area contributed by atoms with Crippen molar-refractivity contribution in [3.63, 3.8) is 0 Å². The third-order valence-electron chi connectivity index (χ3n) is 2.77. The molecule has 0 fully saturated rings. The number of ether oxygens (including phenoxy) is 2. The van der Waals surface area contributed by atoms with Crippen LogP contribution in [0.2, 0.25) is 0 Å². The second-order valence-corrected chi connectivity index (χ2v) is 4.17. The number of methoxy groups -OCH3 is 2. The molecule has 0 aliphatic heterocycles. The molecule has 0 bridgehead atoms. The van der Waals surface area contributed by atoms with E-state index >= 15 is 0 Å². The van der Waals surface area contributed by atoms with Gasteiger partial charge in [0.05, 0.1) is 12.8 Å². The molecule has 1 aromatic heterocycles. The first-order valence-electron chi connectivity index (χ1n) is 6.30. The highest BCUT2D eigenvalue weighted by atomic mass is 19.1. The van der Waals surface area contributed by atoms with Crippen molar-refractivity contribution in [3.8, 4) is 0 Å². The molecule has 0 aliphatic rings. The standard InChI is InChI=1S/C13H22FN3O2/c1-18-6-3-4-17(5-7-19-2)13-11(9-15)8-12(14)10-16-13/h8,10H,3-7,9,15H2,1-2H3. The molecule has 108 valence electrons. The highest BCUT2D eigenvalue weighted by molar-refractivity contribution is 5.46. The first-order valence-corrected chi connectivity index (χ1v) is 6.30. The summed E-state index contributed by atoms with van der Waals surface area (Å²) in [7, 11) is 3.32. The molecule has 0 saturated carbocycles. The Morgan fingerprint density at radius 1 is 1.26 bits per heavy atom. The van der Waals surface area contributed by atoms with Crippen molar-refractivity contribution in [2.24, 2.45) is 5.73 Å². The summed E-state index contributed by atoms with van der Waals surface area (Å²) in [6, 6.07) is 1.43. The van der Waals surface area contributed by atoms with Gasteiger partial charge in [0.2, 0.25) is 0 Å². The van der Waals surface area contributed by atoms with Crippen LogP contribution in [-0.2, 0) is 16.0 Å². The van der Waals surface area contributed by atoms with E-state index in [0.717, 1.165) is 18.8 Å². The third-order valence-corrected chi connectivity index (χ3v) is 2.77. The van der Waals surface area contributed by atoms with Crippen LogP contribution in [0.1, 0.15) is 12.0 Å². The normalized spacial score (nSPS) is 10.7. The molecule has 19 heavy (non-hydrogen) atoms. The van der Waals surface area contributed by atoms with E-state index in [-0.39, 0.29) is 12.4 Å². The Morgan fingerprint density at radius 3 is 2.63 bits per heavy atom. The first kappa shape index (κ1) is 15.8. The molecular formula is C13H22FN3O2. The monoisotopic (exact) mass is 271 g/mol. The number of nitrogens with zero attached hydrogens (tertiary/aromatic N) is 2. The molecule has 0 saturated heterocycles. The molecule has 0 unspecified atom stereocenters. The number of halogens is 1. The van der Waals surface area contributed by atoms with Crippen LogP contribution in [0.5, 0.6) is 0 Å². The molecule has 0 radical (unpaired) electrons. The van der Waals surface area contributed by atoms with Crippen molar-refractivity contribution in [2.45, 2.75) is 13.0 Å². The smallest absolute Gasteiger partial charge is 0.141 e. The maximum absolute atomic E-state index is 13.2. The summed E-state index contributed by atoms with van der Waals surface area (Å²) < 4.78 is 23.3. The summed E-state index contributed by atoms with van der Waals surface area (Å²) in [6.45, 7) is 2.96. The lowest BCUT2D eigenvalue weighted by Gasteiger charge is -2.25. The molecule has 2 N–H and O–H groups in total. The predicted octanol–water partition coefficient (Wildman–Crippen LogP) is 1.17. The van der Waals surface area contributed by atoms with Crippen molar-refractivity contribution in [1.82, 2.24) is 4.98 Å². The lowest BCUT2D eigenvalue weighted by molar-refractivity contribution is 0.191. The number of aromatic nitrogens is 1. The largest absolute Gasteiger partial charge is 0.385 e. The molecule has 5 nitrogen and oxygen atoms in total. The van der Waals surface area contributed by atoms with Crippen LogP contribution in [0.25, 0.3) is 0 Å². The molecule has 0 spiro atoms. The molecular weight excluding hydrogens is 249 g/mol. The molecule has 0 aromatic carbocycles. The van der Waals surface area contributed by atoms with Crippen LogP contribution >= 0.6 is 0 Å². The Balaban J connectivity index is 2.82.